The molecule has 0 aromatic heterocycles. The monoisotopic (exact) mass is 364 g/mol. The minimum absolute atomic E-state index is 0.0467. The third-order valence-corrected chi connectivity index (χ3v) is 4.13. The summed E-state index contributed by atoms with van der Waals surface area (Å²) in [5.41, 5.74) is 2.03. The smallest absolute Gasteiger partial charge is 0.270 e. The van der Waals surface area contributed by atoms with Crippen molar-refractivity contribution >= 4 is 12.6 Å². The fraction of sp³-hybridized carbons (Fsp3) is 0.500. The van der Waals surface area contributed by atoms with Crippen molar-refractivity contribution in [2.45, 2.75) is 58.3 Å². The molecular weight excluding hydrogens is 334 g/mol. The Balaban J connectivity index is 2.50. The summed E-state index contributed by atoms with van der Waals surface area (Å²) in [7, 11) is 0. The summed E-state index contributed by atoms with van der Waals surface area (Å²) in [6.07, 6.45) is 7.28. The van der Waals surface area contributed by atoms with Gasteiger partial charge in [-0.1, -0.05) is 37.6 Å². The fourth-order valence-corrected chi connectivity index (χ4v) is 2.59. The topological polar surface area (TPSA) is 62.8 Å². The third-order valence-electron chi connectivity index (χ3n) is 4.13. The Kier molecular flexibility index (Phi) is 9.55. The molecule has 0 bridgehead atoms. The molecule has 4 nitrogen and oxygen atoms in total. The van der Waals surface area contributed by atoms with Gasteiger partial charge >= 0.3 is 0 Å². The second-order valence-corrected chi connectivity index (χ2v) is 6.39. The molecule has 0 atom stereocenters. The van der Waals surface area contributed by atoms with Gasteiger partial charge in [0.15, 0.2) is 0 Å². The van der Waals surface area contributed by atoms with Gasteiger partial charge in [-0.25, -0.2) is 8.78 Å². The number of hydrogen-bond donors (Lipinski definition) is 2. The maximum absolute atomic E-state index is 13.2. The summed E-state index contributed by atoms with van der Waals surface area (Å²) in [5.74, 6) is 3.35. The first-order valence-electron chi connectivity index (χ1n) is 9.06. The average molecular weight is 364 g/mol. The fourth-order valence-electron chi connectivity index (χ4n) is 2.59. The lowest BCUT2D eigenvalue weighted by molar-refractivity contribution is 0.0174. The number of alkyl halides is 2. The van der Waals surface area contributed by atoms with Crippen LogP contribution in [0.2, 0.25) is 0 Å². The van der Waals surface area contributed by atoms with Gasteiger partial charge in [-0.05, 0) is 44.4 Å². The Morgan fingerprint density at radius 2 is 1.92 bits per heavy atom. The van der Waals surface area contributed by atoms with Crippen LogP contribution in [0.3, 0.4) is 0 Å². The minimum atomic E-state index is -2.79. The number of unbranched alkanes of at least 4 members (excludes halogenated alkanes) is 2. The van der Waals surface area contributed by atoms with Gasteiger partial charge in [-0.3, -0.25) is 4.99 Å². The number of benzene rings is 1. The maximum atomic E-state index is 13.2. The van der Waals surface area contributed by atoms with E-state index in [2.05, 4.69) is 29.1 Å². The molecule has 0 radical (unpaired) electrons. The number of rotatable bonds is 11. The Bertz CT molecular complexity index is 601. The maximum Gasteiger partial charge on any atom is 0.270 e. The van der Waals surface area contributed by atoms with Crippen molar-refractivity contribution in [1.82, 2.24) is 5.32 Å². The van der Waals surface area contributed by atoms with E-state index in [4.69, 9.17) is 5.84 Å². The second-order valence-electron chi connectivity index (χ2n) is 6.39. The number of nitrogens with zero attached hydrogens (tertiary/aromatic N) is 2. The van der Waals surface area contributed by atoms with Gasteiger partial charge in [0.05, 0.1) is 0 Å². The first-order valence-corrected chi connectivity index (χ1v) is 9.06. The van der Waals surface area contributed by atoms with Crippen LogP contribution in [0.4, 0.5) is 8.78 Å². The molecule has 3 N–H and O–H groups in total. The Labute approximate surface area is 155 Å². The highest BCUT2D eigenvalue weighted by Crippen LogP contribution is 2.27. The van der Waals surface area contributed by atoms with Crippen LogP contribution in [-0.2, 0) is 12.3 Å². The van der Waals surface area contributed by atoms with Crippen molar-refractivity contribution in [1.29, 1.82) is 0 Å². The molecule has 0 saturated carbocycles. The lowest BCUT2D eigenvalue weighted by Gasteiger charge is -2.12. The molecule has 0 aliphatic heterocycles. The zero-order valence-electron chi connectivity index (χ0n) is 15.8. The van der Waals surface area contributed by atoms with Crippen molar-refractivity contribution in [2.75, 3.05) is 6.54 Å². The zero-order chi connectivity index (χ0) is 19.4. The van der Waals surface area contributed by atoms with E-state index in [9.17, 15) is 8.78 Å². The molecule has 0 amide bonds. The van der Waals surface area contributed by atoms with E-state index in [0.717, 1.165) is 63.1 Å². The average Bonchev–Trinajstić information content (AvgIpc) is 2.61. The molecular formula is C20H30F2N4. The molecule has 1 aromatic rings. The summed E-state index contributed by atoms with van der Waals surface area (Å²) < 4.78 is 26.5. The summed E-state index contributed by atoms with van der Waals surface area (Å²) in [4.78, 5) is 3.84. The number of amidine groups is 1. The van der Waals surface area contributed by atoms with Crippen molar-refractivity contribution in [3.63, 3.8) is 0 Å². The number of hydrazone groups is 1. The van der Waals surface area contributed by atoms with Crippen LogP contribution in [0.15, 0.2) is 46.1 Å². The van der Waals surface area contributed by atoms with Crippen molar-refractivity contribution in [3.8, 4) is 0 Å². The molecule has 0 aliphatic rings. The third kappa shape index (κ3) is 7.76. The Hall–Kier alpha value is -2.24. The summed E-state index contributed by atoms with van der Waals surface area (Å²) in [5, 5.41) is 7.06. The van der Waals surface area contributed by atoms with Crippen molar-refractivity contribution < 1.29 is 8.78 Å². The SMILES string of the molecule is C=N/C=C(CCCCc1ccc(C(C)(F)F)cc1)\C(=N/N)NCCCC. The molecule has 0 aliphatic carbocycles. The van der Waals surface area contributed by atoms with Gasteiger partial charge in [0.1, 0.15) is 5.84 Å². The van der Waals surface area contributed by atoms with Gasteiger partial charge in [-0.2, -0.15) is 5.10 Å². The van der Waals surface area contributed by atoms with E-state index >= 15 is 0 Å². The van der Waals surface area contributed by atoms with Crippen molar-refractivity contribution in [2.24, 2.45) is 15.9 Å². The number of nitrogens with two attached hydrogens (primary N) is 1. The lowest BCUT2D eigenvalue weighted by atomic mass is 10.0. The molecule has 0 heterocycles. The molecule has 6 heteroatoms. The molecule has 144 valence electrons. The van der Waals surface area contributed by atoms with E-state index in [-0.39, 0.29) is 5.56 Å². The normalized spacial score (nSPS) is 12.9. The van der Waals surface area contributed by atoms with E-state index in [1.54, 1.807) is 18.3 Å². The highest BCUT2D eigenvalue weighted by Gasteiger charge is 2.23. The van der Waals surface area contributed by atoms with Gasteiger partial charge in [0.25, 0.3) is 5.92 Å². The van der Waals surface area contributed by atoms with Crippen LogP contribution in [0.5, 0.6) is 0 Å². The van der Waals surface area contributed by atoms with Crippen LogP contribution in [0.1, 0.15) is 57.1 Å². The molecule has 0 saturated heterocycles. The van der Waals surface area contributed by atoms with Crippen LogP contribution < -0.4 is 11.2 Å². The molecule has 0 fully saturated rings. The van der Waals surface area contributed by atoms with Crippen LogP contribution in [0.25, 0.3) is 0 Å². The standard InChI is InChI=1S/C20H30F2N4/c1-4-5-14-25-19(26-23)17(15-24-3)9-7-6-8-16-10-12-18(13-11-16)20(2,21)22/h10-13,15H,3-9,14,23H2,1-2H3,(H,25,26)/b17-15-. The lowest BCUT2D eigenvalue weighted by Crippen LogP contribution is -2.27. The van der Waals surface area contributed by atoms with E-state index in [1.807, 2.05) is 0 Å². The number of halogens is 2. The second kappa shape index (κ2) is 11.4. The number of hydrogen-bond acceptors (Lipinski definition) is 3. The van der Waals surface area contributed by atoms with Gasteiger partial charge in [0.2, 0.25) is 0 Å². The predicted octanol–water partition coefficient (Wildman–Crippen LogP) is 4.76. The van der Waals surface area contributed by atoms with E-state index in [0.29, 0.717) is 5.84 Å². The number of nitrogens with one attached hydrogen (secondary N) is 1. The zero-order valence-corrected chi connectivity index (χ0v) is 15.8. The summed E-state index contributed by atoms with van der Waals surface area (Å²) in [6, 6.07) is 6.54. The predicted molar refractivity (Wildman–Crippen MR) is 106 cm³/mol. The molecule has 1 rings (SSSR count). The van der Waals surface area contributed by atoms with Crippen molar-refractivity contribution in [3.05, 3.63) is 47.2 Å². The van der Waals surface area contributed by atoms with Gasteiger partial charge in [0, 0.05) is 30.8 Å². The van der Waals surface area contributed by atoms with Crippen LogP contribution >= 0.6 is 0 Å². The van der Waals surface area contributed by atoms with Gasteiger partial charge < -0.3 is 11.2 Å². The number of aliphatic imine (C=N–C) groups is 1. The van der Waals surface area contributed by atoms with Gasteiger partial charge in [-0.15, -0.1) is 0 Å². The molecule has 1 aromatic carbocycles. The van der Waals surface area contributed by atoms with Crippen LogP contribution in [-0.4, -0.2) is 19.1 Å². The Morgan fingerprint density at radius 3 is 2.46 bits per heavy atom. The summed E-state index contributed by atoms with van der Waals surface area (Å²) in [6.45, 7) is 7.35. The summed E-state index contributed by atoms with van der Waals surface area (Å²) >= 11 is 0. The Morgan fingerprint density at radius 1 is 1.23 bits per heavy atom. The highest BCUT2D eigenvalue weighted by molar-refractivity contribution is 5.98. The largest absolute Gasteiger partial charge is 0.368 e. The van der Waals surface area contributed by atoms with Crippen LogP contribution in [0, 0.1) is 0 Å². The minimum Gasteiger partial charge on any atom is -0.368 e. The van der Waals surface area contributed by atoms with E-state index in [1.165, 1.54) is 12.1 Å². The first-order chi connectivity index (χ1) is 12.4. The molecule has 0 unspecified atom stereocenters. The first kappa shape index (κ1) is 21.8. The molecule has 0 spiro atoms. The molecule has 26 heavy (non-hydrogen) atoms. The highest BCUT2D eigenvalue weighted by atomic mass is 19.3. The number of aryl methyl sites for hydroxylation is 1. The quantitative estimate of drug-likeness (QED) is 0.195. The van der Waals surface area contributed by atoms with E-state index < -0.39 is 5.92 Å².